The van der Waals surface area contributed by atoms with E-state index in [-0.39, 0.29) is 0 Å². The van der Waals surface area contributed by atoms with Crippen molar-refractivity contribution in [2.45, 2.75) is 44.8 Å². The van der Waals surface area contributed by atoms with Crippen molar-refractivity contribution >= 4 is 5.91 Å². The van der Waals surface area contributed by atoms with Crippen LogP contribution in [-0.2, 0) is 4.79 Å². The lowest BCUT2D eigenvalue weighted by Gasteiger charge is -2.17. The Balaban J connectivity index is 2.17. The summed E-state index contributed by atoms with van der Waals surface area (Å²) < 4.78 is 35.6. The number of carbonyl (C=O) groups is 1. The van der Waals surface area contributed by atoms with E-state index < -0.39 is 24.7 Å². The summed E-state index contributed by atoms with van der Waals surface area (Å²) in [4.78, 5) is 11.3. The number of alkyl halides is 3. The first kappa shape index (κ1) is 14.3. The van der Waals surface area contributed by atoms with Gasteiger partial charge in [-0.1, -0.05) is 12.8 Å². The van der Waals surface area contributed by atoms with Gasteiger partial charge in [-0.05, 0) is 32.2 Å². The quantitative estimate of drug-likeness (QED) is 0.783. The lowest BCUT2D eigenvalue weighted by atomic mass is 10.1. The molecule has 100 valence electrons. The maximum Gasteiger partial charge on any atom is 0.405 e. The lowest BCUT2D eigenvalue weighted by Crippen LogP contribution is -2.46. The van der Waals surface area contributed by atoms with Crippen molar-refractivity contribution in [3.63, 3.8) is 0 Å². The van der Waals surface area contributed by atoms with Gasteiger partial charge in [0, 0.05) is 0 Å². The number of hydrogen-bond donors (Lipinski definition) is 2. The van der Waals surface area contributed by atoms with E-state index in [1.54, 1.807) is 6.92 Å². The molecule has 0 heterocycles. The van der Waals surface area contributed by atoms with Gasteiger partial charge in [0.2, 0.25) is 5.91 Å². The van der Waals surface area contributed by atoms with Crippen LogP contribution in [0.5, 0.6) is 0 Å². The van der Waals surface area contributed by atoms with Gasteiger partial charge in [0.25, 0.3) is 0 Å². The van der Waals surface area contributed by atoms with Crippen LogP contribution in [0.25, 0.3) is 0 Å². The number of hydrogen-bond acceptors (Lipinski definition) is 2. The topological polar surface area (TPSA) is 41.1 Å². The molecule has 0 radical (unpaired) electrons. The Bertz CT molecular complexity index is 250. The highest BCUT2D eigenvalue weighted by atomic mass is 19.4. The van der Waals surface area contributed by atoms with Crippen LogP contribution in [0.15, 0.2) is 0 Å². The molecule has 1 aliphatic rings. The van der Waals surface area contributed by atoms with Gasteiger partial charge in [-0.15, -0.1) is 0 Å². The zero-order valence-electron chi connectivity index (χ0n) is 9.94. The molecular formula is C11H19F3N2O. The predicted octanol–water partition coefficient (Wildman–Crippen LogP) is 1.83. The molecule has 1 fully saturated rings. The number of carbonyl (C=O) groups excluding carboxylic acids is 1. The number of amides is 1. The summed E-state index contributed by atoms with van der Waals surface area (Å²) in [6.45, 7) is 1.03. The maximum atomic E-state index is 11.9. The second-order valence-electron chi connectivity index (χ2n) is 4.61. The Hall–Kier alpha value is -0.780. The van der Waals surface area contributed by atoms with Crippen molar-refractivity contribution in [3.05, 3.63) is 0 Å². The molecule has 2 N–H and O–H groups in total. The van der Waals surface area contributed by atoms with Crippen LogP contribution in [0, 0.1) is 5.92 Å². The summed E-state index contributed by atoms with van der Waals surface area (Å²) in [6, 6.07) is -0.571. The Morgan fingerprint density at radius 1 is 1.35 bits per heavy atom. The van der Waals surface area contributed by atoms with Crippen molar-refractivity contribution in [2.24, 2.45) is 5.92 Å². The standard InChI is InChI=1S/C11H19F3N2O/c1-8(10(17)16-7-11(12,13)14)15-6-9-4-2-3-5-9/h8-9,15H,2-7H2,1H3,(H,16,17). The van der Waals surface area contributed by atoms with Gasteiger partial charge < -0.3 is 10.6 Å². The zero-order chi connectivity index (χ0) is 12.9. The molecule has 3 nitrogen and oxygen atoms in total. The van der Waals surface area contributed by atoms with Crippen molar-refractivity contribution in [2.75, 3.05) is 13.1 Å². The van der Waals surface area contributed by atoms with Crippen LogP contribution in [0.3, 0.4) is 0 Å². The average Bonchev–Trinajstić information content (AvgIpc) is 2.74. The molecule has 0 bridgehead atoms. The van der Waals surface area contributed by atoms with E-state index in [1.165, 1.54) is 12.8 Å². The largest absolute Gasteiger partial charge is 0.405 e. The summed E-state index contributed by atoms with van der Waals surface area (Å²) in [5.41, 5.74) is 0. The molecule has 0 aromatic rings. The molecule has 6 heteroatoms. The van der Waals surface area contributed by atoms with Gasteiger partial charge in [-0.2, -0.15) is 13.2 Å². The van der Waals surface area contributed by atoms with E-state index >= 15 is 0 Å². The Morgan fingerprint density at radius 3 is 2.47 bits per heavy atom. The first-order chi connectivity index (χ1) is 7.88. The maximum absolute atomic E-state index is 11.9. The highest BCUT2D eigenvalue weighted by Gasteiger charge is 2.28. The van der Waals surface area contributed by atoms with Crippen molar-refractivity contribution in [1.82, 2.24) is 10.6 Å². The highest BCUT2D eigenvalue weighted by molar-refractivity contribution is 5.81. The fourth-order valence-electron chi connectivity index (χ4n) is 1.99. The van der Waals surface area contributed by atoms with E-state index in [2.05, 4.69) is 5.32 Å². The van der Waals surface area contributed by atoms with Crippen LogP contribution >= 0.6 is 0 Å². The van der Waals surface area contributed by atoms with E-state index in [0.29, 0.717) is 12.5 Å². The molecule has 0 aromatic heterocycles. The molecular weight excluding hydrogens is 233 g/mol. The summed E-state index contributed by atoms with van der Waals surface area (Å²) in [6.07, 6.45) is 0.358. The van der Waals surface area contributed by atoms with Gasteiger partial charge in [0.05, 0.1) is 6.04 Å². The summed E-state index contributed by atoms with van der Waals surface area (Å²) in [7, 11) is 0. The zero-order valence-corrected chi connectivity index (χ0v) is 9.94. The van der Waals surface area contributed by atoms with Gasteiger partial charge in [-0.25, -0.2) is 0 Å². The molecule has 0 aliphatic heterocycles. The smallest absolute Gasteiger partial charge is 0.346 e. The fraction of sp³-hybridized carbons (Fsp3) is 0.909. The molecule has 1 amide bonds. The first-order valence-corrected chi connectivity index (χ1v) is 5.96. The predicted molar refractivity (Wildman–Crippen MR) is 58.5 cm³/mol. The SMILES string of the molecule is CC(NCC1CCCC1)C(=O)NCC(F)(F)F. The van der Waals surface area contributed by atoms with Crippen LogP contribution in [0.1, 0.15) is 32.6 Å². The van der Waals surface area contributed by atoms with Crippen molar-refractivity contribution in [1.29, 1.82) is 0 Å². The Kier molecular flexibility index (Phi) is 5.24. The highest BCUT2D eigenvalue weighted by Crippen LogP contribution is 2.23. The third kappa shape index (κ3) is 5.91. The molecule has 1 rings (SSSR count). The van der Waals surface area contributed by atoms with Crippen molar-refractivity contribution < 1.29 is 18.0 Å². The summed E-state index contributed by atoms with van der Waals surface area (Å²) >= 11 is 0. The van der Waals surface area contributed by atoms with Crippen LogP contribution < -0.4 is 10.6 Å². The first-order valence-electron chi connectivity index (χ1n) is 5.96. The van der Waals surface area contributed by atoms with E-state index in [9.17, 15) is 18.0 Å². The molecule has 1 saturated carbocycles. The van der Waals surface area contributed by atoms with E-state index in [1.807, 2.05) is 5.32 Å². The fourth-order valence-corrected chi connectivity index (χ4v) is 1.99. The third-order valence-electron chi connectivity index (χ3n) is 3.04. The average molecular weight is 252 g/mol. The lowest BCUT2D eigenvalue weighted by molar-refractivity contribution is -0.139. The molecule has 0 saturated heterocycles. The minimum absolute atomic E-state index is 0.563. The van der Waals surface area contributed by atoms with Crippen LogP contribution in [0.2, 0.25) is 0 Å². The second kappa shape index (κ2) is 6.23. The van der Waals surface area contributed by atoms with E-state index in [4.69, 9.17) is 0 Å². The monoisotopic (exact) mass is 252 g/mol. The third-order valence-corrected chi connectivity index (χ3v) is 3.04. The molecule has 17 heavy (non-hydrogen) atoms. The molecule has 0 aromatic carbocycles. The minimum atomic E-state index is -4.35. The molecule has 0 spiro atoms. The summed E-state index contributed by atoms with van der Waals surface area (Å²) in [5, 5.41) is 4.85. The van der Waals surface area contributed by atoms with Gasteiger partial charge >= 0.3 is 6.18 Å². The number of rotatable bonds is 5. The Labute approximate surface area is 99.1 Å². The van der Waals surface area contributed by atoms with Gasteiger partial charge in [-0.3, -0.25) is 4.79 Å². The van der Waals surface area contributed by atoms with Gasteiger partial charge in [0.15, 0.2) is 0 Å². The normalized spacial score (nSPS) is 19.3. The second-order valence-corrected chi connectivity index (χ2v) is 4.61. The van der Waals surface area contributed by atoms with Crippen LogP contribution in [0.4, 0.5) is 13.2 Å². The van der Waals surface area contributed by atoms with Crippen LogP contribution in [-0.4, -0.2) is 31.2 Å². The van der Waals surface area contributed by atoms with E-state index in [0.717, 1.165) is 12.8 Å². The Morgan fingerprint density at radius 2 is 1.94 bits per heavy atom. The molecule has 1 unspecified atom stereocenters. The number of nitrogens with one attached hydrogen (secondary N) is 2. The molecule has 1 aliphatic carbocycles. The minimum Gasteiger partial charge on any atom is -0.346 e. The molecule has 1 atom stereocenters. The summed E-state index contributed by atoms with van der Waals surface area (Å²) in [5.74, 6) is -0.0341. The number of halogens is 3. The van der Waals surface area contributed by atoms with Crippen molar-refractivity contribution in [3.8, 4) is 0 Å². The van der Waals surface area contributed by atoms with Gasteiger partial charge in [0.1, 0.15) is 6.54 Å².